The van der Waals surface area contributed by atoms with Crippen LogP contribution in [0.3, 0.4) is 0 Å². The first-order valence-corrected chi connectivity index (χ1v) is 12.2. The summed E-state index contributed by atoms with van der Waals surface area (Å²) >= 11 is 15.2. The predicted octanol–water partition coefficient (Wildman–Crippen LogP) is 3.31. The number of halogens is 4. The number of rotatable bonds is 1. The molecule has 2 aromatic rings. The van der Waals surface area contributed by atoms with Crippen molar-refractivity contribution in [3.05, 3.63) is 27.8 Å². The van der Waals surface area contributed by atoms with E-state index in [4.69, 9.17) is 23.2 Å². The number of methoxy groups -OCH3 is 1. The fourth-order valence-corrected chi connectivity index (χ4v) is 1.52. The summed E-state index contributed by atoms with van der Waals surface area (Å²) in [7, 11) is 1.20. The summed E-state index contributed by atoms with van der Waals surface area (Å²) in [6.45, 7) is 0. The number of esters is 1. The molecule has 0 aliphatic heterocycles. The molecule has 2 heterocycles. The normalized spacial score (nSPS) is 9.89. The van der Waals surface area contributed by atoms with E-state index in [0.717, 1.165) is 0 Å². The van der Waals surface area contributed by atoms with E-state index in [2.05, 4.69) is 34.4 Å². The number of hydrogen-bond acceptors (Lipinski definition) is 3. The van der Waals surface area contributed by atoms with E-state index >= 15 is 0 Å². The van der Waals surface area contributed by atoms with Gasteiger partial charge >= 0.3 is 40.7 Å². The van der Waals surface area contributed by atoms with Crippen LogP contribution in [0.25, 0.3) is 11.0 Å². The van der Waals surface area contributed by atoms with Crippen LogP contribution in [0.15, 0.2) is 6.07 Å². The first-order chi connectivity index (χ1) is 8.54. The van der Waals surface area contributed by atoms with E-state index in [1.54, 1.807) is 0 Å². The number of pyridine rings is 1. The molecule has 2 rings (SSSR count). The SMILES string of the molecule is COC(=O)c1cc2c(F)c(Cl)c(Cl)nc2[n-]1.[I][Os]. The van der Waals surface area contributed by atoms with Crippen molar-refractivity contribution in [3.8, 4) is 0 Å². The van der Waals surface area contributed by atoms with E-state index in [1.165, 1.54) is 13.2 Å². The van der Waals surface area contributed by atoms with Gasteiger partial charge in [0.2, 0.25) is 0 Å². The monoisotopic (exact) mass is 580 g/mol. The van der Waals surface area contributed by atoms with Crippen LogP contribution in [0, 0.1) is 5.82 Å². The molecule has 4 nitrogen and oxygen atoms in total. The van der Waals surface area contributed by atoms with Crippen molar-refractivity contribution in [1.82, 2.24) is 9.97 Å². The van der Waals surface area contributed by atoms with Gasteiger partial charge in [-0.2, -0.15) is 0 Å². The fraction of sp³-hybridized carbons (Fsp3) is 0.111. The number of ether oxygens (including phenoxy) is 1. The Morgan fingerprint density at radius 2 is 2.17 bits per heavy atom. The van der Waals surface area contributed by atoms with Crippen LogP contribution in [0.1, 0.15) is 10.5 Å². The molecule has 0 saturated carbocycles. The molecule has 2 aromatic heterocycles. The molecular formula is C9H4Cl2FIN2O2Os-. The van der Waals surface area contributed by atoms with Gasteiger partial charge in [-0.25, -0.2) is 9.18 Å². The first-order valence-electron chi connectivity index (χ1n) is 4.24. The number of fused-ring (bicyclic) bond motifs is 1. The molecule has 0 N–H and O–H groups in total. The van der Waals surface area contributed by atoms with Gasteiger partial charge in [0.15, 0.2) is 0 Å². The quantitative estimate of drug-likeness (QED) is 0.296. The molecule has 0 saturated heterocycles. The Bertz CT molecular complexity index is 593. The van der Waals surface area contributed by atoms with Gasteiger partial charge in [0, 0.05) is 16.2 Å². The molecule has 0 atom stereocenters. The fourth-order valence-electron chi connectivity index (χ4n) is 1.21. The minimum absolute atomic E-state index is 0.0206. The molecule has 0 aliphatic rings. The van der Waals surface area contributed by atoms with Gasteiger partial charge in [0.25, 0.3) is 0 Å². The van der Waals surface area contributed by atoms with Crippen LogP contribution in [0.2, 0.25) is 10.2 Å². The van der Waals surface area contributed by atoms with Crippen LogP contribution < -0.4 is 4.98 Å². The Kier molecular flexibility index (Phi) is 6.25. The zero-order chi connectivity index (χ0) is 13.9. The Labute approximate surface area is 133 Å². The second kappa shape index (κ2) is 6.99. The van der Waals surface area contributed by atoms with Crippen molar-refractivity contribution in [1.29, 1.82) is 0 Å². The van der Waals surface area contributed by atoms with E-state index in [0.29, 0.717) is 0 Å². The molecule has 9 heteroatoms. The van der Waals surface area contributed by atoms with E-state index in [1.807, 2.05) is 15.1 Å². The third-order valence-electron chi connectivity index (χ3n) is 1.96. The standard InChI is InChI=1S/C9H5Cl2FN2O2.HI.Os/c1-16-9(15)4-2-3-6(12)5(10)7(11)14-8(3)13-4;;/h2H,1H3,(H,13,14,15);1H;/q;;+1/p-2. The van der Waals surface area contributed by atoms with Gasteiger partial charge in [0.1, 0.15) is 5.82 Å². The second-order valence-corrected chi connectivity index (χ2v) is 3.64. The predicted molar refractivity (Wildman–Crippen MR) is 70.4 cm³/mol. The third-order valence-corrected chi connectivity index (χ3v) is 2.67. The van der Waals surface area contributed by atoms with E-state index in [9.17, 15) is 9.18 Å². The van der Waals surface area contributed by atoms with Crippen LogP contribution in [0.4, 0.5) is 4.39 Å². The molecule has 0 bridgehead atoms. The van der Waals surface area contributed by atoms with Crippen molar-refractivity contribution >= 4 is 59.9 Å². The van der Waals surface area contributed by atoms with Crippen molar-refractivity contribution in [2.24, 2.45) is 0 Å². The van der Waals surface area contributed by atoms with Crippen LogP contribution in [-0.4, -0.2) is 18.1 Å². The summed E-state index contributed by atoms with van der Waals surface area (Å²) in [5.74, 6) is -1.43. The molecule has 0 aliphatic carbocycles. The number of hydrogen-bond donors (Lipinski definition) is 0. The van der Waals surface area contributed by atoms with Crippen molar-refractivity contribution in [2.45, 2.75) is 0 Å². The second-order valence-electron chi connectivity index (χ2n) is 2.90. The zero-order valence-electron chi connectivity index (χ0n) is 8.65. The summed E-state index contributed by atoms with van der Waals surface area (Å²) in [5.41, 5.74) is -0.0190. The van der Waals surface area contributed by atoms with Gasteiger partial charge in [0.05, 0.1) is 12.1 Å². The molecule has 0 amide bonds. The van der Waals surface area contributed by atoms with Crippen LogP contribution in [0.5, 0.6) is 0 Å². The van der Waals surface area contributed by atoms with Gasteiger partial charge in [-0.15, -0.1) is 0 Å². The molecule has 0 aromatic carbocycles. The number of nitrogens with zero attached hydrogens (tertiary/aromatic N) is 2. The summed E-state index contributed by atoms with van der Waals surface area (Å²) < 4.78 is 18.0. The van der Waals surface area contributed by atoms with Gasteiger partial charge in [-0.1, -0.05) is 23.2 Å². The summed E-state index contributed by atoms with van der Waals surface area (Å²) in [4.78, 5) is 18.7. The van der Waals surface area contributed by atoms with Gasteiger partial charge in [-0.05, 0) is 11.7 Å². The first kappa shape index (κ1) is 16.1. The van der Waals surface area contributed by atoms with Crippen LogP contribution in [-0.2, 0) is 19.8 Å². The third kappa shape index (κ3) is 3.13. The van der Waals surface area contributed by atoms with Crippen LogP contribution >= 0.6 is 42.9 Å². The molecule has 0 radical (unpaired) electrons. The van der Waals surface area contributed by atoms with E-state index < -0.39 is 11.8 Å². The van der Waals surface area contributed by atoms with Crippen molar-refractivity contribution in [3.63, 3.8) is 0 Å². The maximum atomic E-state index is 13.6. The average Bonchev–Trinajstić information content (AvgIpc) is 2.81. The average molecular weight is 579 g/mol. The Morgan fingerprint density at radius 1 is 1.56 bits per heavy atom. The van der Waals surface area contributed by atoms with E-state index in [-0.39, 0.29) is 26.9 Å². The van der Waals surface area contributed by atoms with Crippen molar-refractivity contribution < 1.29 is 29.0 Å². The number of carbonyl (C=O) groups excluding carboxylic acids is 1. The molecule has 18 heavy (non-hydrogen) atoms. The number of aromatic nitrogens is 2. The molecular weight excluding hydrogens is 575 g/mol. The topological polar surface area (TPSA) is 53.3 Å². The number of carbonyl (C=O) groups is 1. The summed E-state index contributed by atoms with van der Waals surface area (Å²) in [6.07, 6.45) is 0. The van der Waals surface area contributed by atoms with Gasteiger partial charge < -0.3 is 14.7 Å². The summed E-state index contributed by atoms with van der Waals surface area (Å²) in [6, 6.07) is 1.21. The molecule has 0 fully saturated rings. The Balaban J connectivity index is 0.000000771. The summed E-state index contributed by atoms with van der Waals surface area (Å²) in [5, 5.41) is -0.450. The zero-order valence-corrected chi connectivity index (χ0v) is 14.9. The van der Waals surface area contributed by atoms with Gasteiger partial charge in [-0.3, -0.25) is 0 Å². The Hall–Kier alpha value is 0.0364. The molecule has 0 unspecified atom stereocenters. The maximum absolute atomic E-state index is 13.6. The molecule has 0 spiro atoms. The molecule has 99 valence electrons. The van der Waals surface area contributed by atoms with Crippen molar-refractivity contribution in [2.75, 3.05) is 7.11 Å². The Morgan fingerprint density at radius 3 is 2.72 bits per heavy atom. The minimum atomic E-state index is -0.751.